The predicted molar refractivity (Wildman–Crippen MR) is 162 cm³/mol. The maximum atomic E-state index is 12.4. The highest BCUT2D eigenvalue weighted by molar-refractivity contribution is 6.76. The molecule has 12 heteroatoms. The molecule has 40 heavy (non-hydrogen) atoms. The van der Waals surface area contributed by atoms with Gasteiger partial charge in [-0.15, -0.1) is 0 Å². The molecule has 3 rings (SSSR count). The van der Waals surface area contributed by atoms with Crippen molar-refractivity contribution in [2.45, 2.75) is 72.5 Å². The van der Waals surface area contributed by atoms with E-state index in [0.29, 0.717) is 19.5 Å². The number of carboxylic acids is 1. The summed E-state index contributed by atoms with van der Waals surface area (Å²) in [7, 11) is 0. The van der Waals surface area contributed by atoms with E-state index in [0.717, 1.165) is 17.5 Å². The number of hydrogen-bond acceptors (Lipinski definition) is 5. The van der Waals surface area contributed by atoms with Crippen LogP contribution < -0.4 is 0 Å². The Bertz CT molecular complexity index is 1040. The third-order valence-electron chi connectivity index (χ3n) is 6.70. The van der Waals surface area contributed by atoms with E-state index in [2.05, 4.69) is 49.9 Å². The minimum atomic E-state index is -2.18. The molecular weight excluding hydrogens is 643 g/mol. The number of carbonyl (C=O) groups is 2. The zero-order valence-corrected chi connectivity index (χ0v) is 26.8. The molecule has 0 saturated heterocycles. The molecule has 0 amide bonds. The number of carboxylic acid groups (broad SMARTS) is 1. The van der Waals surface area contributed by atoms with E-state index < -0.39 is 31.7 Å². The van der Waals surface area contributed by atoms with E-state index >= 15 is 0 Å². The predicted octanol–water partition coefficient (Wildman–Crippen LogP) is 7.60. The zero-order chi connectivity index (χ0) is 30.3. The lowest BCUT2D eigenvalue weighted by Gasteiger charge is -2.47. The first-order valence-corrected chi connectivity index (χ1v) is 14.7. The lowest BCUT2D eigenvalue weighted by Crippen LogP contribution is -2.56. The van der Waals surface area contributed by atoms with Gasteiger partial charge in [-0.1, -0.05) is 151 Å². The monoisotopic (exact) mass is 673 g/mol. The van der Waals surface area contributed by atoms with E-state index in [4.69, 9.17) is 79.4 Å². The molecule has 0 radical (unpaired) electrons. The summed E-state index contributed by atoms with van der Waals surface area (Å²) in [5.74, 6) is -2.21. The number of carbonyl (C=O) groups excluding carboxylic acids is 1. The summed E-state index contributed by atoms with van der Waals surface area (Å²) in [6, 6.07) is 20.1. The van der Waals surface area contributed by atoms with E-state index in [9.17, 15) is 14.7 Å². The number of aliphatic carboxylic acids is 1. The fourth-order valence-corrected chi connectivity index (χ4v) is 4.65. The van der Waals surface area contributed by atoms with Gasteiger partial charge in [0.2, 0.25) is 0 Å². The molecule has 0 unspecified atom stereocenters. The Hall–Kier alpha value is -0.960. The number of hydrogen-bond donors (Lipinski definition) is 2. The lowest BCUT2D eigenvalue weighted by molar-refractivity contribution is -0.167. The molecule has 0 aliphatic heterocycles. The van der Waals surface area contributed by atoms with Crippen molar-refractivity contribution in [2.24, 2.45) is 11.3 Å². The summed E-state index contributed by atoms with van der Waals surface area (Å²) < 4.78 is 1.21. The van der Waals surface area contributed by atoms with Crippen LogP contribution in [-0.2, 0) is 27.4 Å². The smallest absolute Gasteiger partial charge is 0.358 e. The SMILES string of the molecule is CC(C)(C)[C@H]1C[C@@H](N(Cc2ccccc2)Cc2ccccc2)[C@@H](O)[C@H](OC(=O)C(Cl)(Cl)Cl)C1.O=C(O)C(Cl)(Cl)Cl. The van der Waals surface area contributed by atoms with E-state index in [1.165, 1.54) is 0 Å². The summed E-state index contributed by atoms with van der Waals surface area (Å²) in [5, 5.41) is 19.3. The third-order valence-corrected chi connectivity index (χ3v) is 7.65. The second-order valence-corrected chi connectivity index (χ2v) is 15.3. The molecule has 1 saturated carbocycles. The number of aliphatic hydroxyl groups is 1. The molecule has 222 valence electrons. The largest absolute Gasteiger partial charge is 0.478 e. The number of nitrogens with zero attached hydrogens (tertiary/aromatic N) is 1. The van der Waals surface area contributed by atoms with Crippen LogP contribution in [0.2, 0.25) is 0 Å². The highest BCUT2D eigenvalue weighted by Gasteiger charge is 2.46. The average Bonchev–Trinajstić information content (AvgIpc) is 2.84. The Balaban J connectivity index is 0.000000708. The standard InChI is InChI=1S/C26H32Cl3NO3.C2HCl3O2/c1-25(2,3)20-14-21(23(31)22(15-20)33-24(32)26(27,28)29)30(16-18-10-6-4-7-11-18)17-19-12-8-5-9-13-19;3-2(4,5)1(6)7/h4-13,20-23,31H,14-17H2,1-3H3;(H,6,7)/t20-,21+,22+,23+;/m0./s1. The van der Waals surface area contributed by atoms with E-state index in [1.807, 2.05) is 36.4 Å². The second-order valence-electron chi connectivity index (χ2n) is 10.7. The molecule has 2 aromatic rings. The average molecular weight is 676 g/mol. The fourth-order valence-electron chi connectivity index (χ4n) is 4.52. The van der Waals surface area contributed by atoms with Crippen LogP contribution >= 0.6 is 69.6 Å². The second kappa shape index (κ2) is 15.0. The highest BCUT2D eigenvalue weighted by atomic mass is 35.6. The lowest BCUT2D eigenvalue weighted by atomic mass is 9.68. The van der Waals surface area contributed by atoms with Gasteiger partial charge in [0.1, 0.15) is 12.2 Å². The van der Waals surface area contributed by atoms with Gasteiger partial charge in [-0.3, -0.25) is 4.90 Å². The normalized spacial score (nSPS) is 21.8. The van der Waals surface area contributed by atoms with Crippen molar-refractivity contribution in [1.29, 1.82) is 0 Å². The molecule has 1 fully saturated rings. The van der Waals surface area contributed by atoms with Crippen LogP contribution in [0, 0.1) is 11.3 Å². The van der Waals surface area contributed by atoms with Gasteiger partial charge < -0.3 is 14.9 Å². The topological polar surface area (TPSA) is 87.1 Å². The first kappa shape index (κ1) is 35.2. The highest BCUT2D eigenvalue weighted by Crippen LogP contribution is 2.42. The van der Waals surface area contributed by atoms with Crippen LogP contribution in [-0.4, -0.2) is 52.9 Å². The molecule has 2 aromatic carbocycles. The van der Waals surface area contributed by atoms with Crippen molar-refractivity contribution in [3.05, 3.63) is 71.8 Å². The van der Waals surface area contributed by atoms with E-state index in [-0.39, 0.29) is 17.4 Å². The first-order chi connectivity index (χ1) is 18.4. The van der Waals surface area contributed by atoms with Crippen molar-refractivity contribution >= 4 is 81.5 Å². The van der Waals surface area contributed by atoms with Gasteiger partial charge in [-0.05, 0) is 35.3 Å². The van der Waals surface area contributed by atoms with Crippen molar-refractivity contribution < 1.29 is 24.5 Å². The van der Waals surface area contributed by atoms with Gasteiger partial charge in [-0.2, -0.15) is 0 Å². The summed E-state index contributed by atoms with van der Waals surface area (Å²) in [5.41, 5.74) is 2.25. The molecule has 4 atom stereocenters. The number of alkyl halides is 6. The molecule has 0 bridgehead atoms. The van der Waals surface area contributed by atoms with Gasteiger partial charge in [0.05, 0.1) is 0 Å². The molecule has 1 aliphatic rings. The summed E-state index contributed by atoms with van der Waals surface area (Å²) in [4.78, 5) is 24.2. The fraction of sp³-hybridized carbons (Fsp3) is 0.500. The molecule has 6 nitrogen and oxygen atoms in total. The summed E-state index contributed by atoms with van der Waals surface area (Å²) >= 11 is 31.7. The van der Waals surface area contributed by atoms with Gasteiger partial charge in [0.15, 0.2) is 0 Å². The Morgan fingerprint density at radius 1 is 0.825 bits per heavy atom. The third kappa shape index (κ3) is 11.4. The maximum Gasteiger partial charge on any atom is 0.358 e. The van der Waals surface area contributed by atoms with Crippen LogP contribution in [0.4, 0.5) is 0 Å². The zero-order valence-electron chi connectivity index (χ0n) is 22.2. The van der Waals surface area contributed by atoms with Crippen LogP contribution in [0.25, 0.3) is 0 Å². The quantitative estimate of drug-likeness (QED) is 0.242. The number of rotatable bonds is 6. The molecule has 0 aromatic heterocycles. The number of esters is 1. The van der Waals surface area contributed by atoms with Crippen molar-refractivity contribution in [2.75, 3.05) is 0 Å². The van der Waals surface area contributed by atoms with Gasteiger partial charge in [0, 0.05) is 19.1 Å². The van der Waals surface area contributed by atoms with Crippen LogP contribution in [0.15, 0.2) is 60.7 Å². The summed E-state index contributed by atoms with van der Waals surface area (Å²) in [6.45, 7) is 7.80. The molecule has 0 heterocycles. The minimum Gasteiger partial charge on any atom is -0.478 e. The van der Waals surface area contributed by atoms with Gasteiger partial charge in [-0.25, -0.2) is 9.59 Å². The molecule has 0 spiro atoms. The number of halogens is 6. The molecule has 2 N–H and O–H groups in total. The van der Waals surface area contributed by atoms with Crippen LogP contribution in [0.3, 0.4) is 0 Å². The van der Waals surface area contributed by atoms with Crippen molar-refractivity contribution in [3.63, 3.8) is 0 Å². The van der Waals surface area contributed by atoms with Crippen molar-refractivity contribution in [1.82, 2.24) is 4.90 Å². The Kier molecular flexibility index (Phi) is 13.2. The van der Waals surface area contributed by atoms with Crippen LogP contribution in [0.5, 0.6) is 0 Å². The minimum absolute atomic E-state index is 0.0474. The summed E-state index contributed by atoms with van der Waals surface area (Å²) in [6.07, 6.45) is -0.387. The Morgan fingerprint density at radius 3 is 1.60 bits per heavy atom. The van der Waals surface area contributed by atoms with Gasteiger partial charge >= 0.3 is 11.9 Å². The number of aliphatic hydroxyl groups excluding tert-OH is 1. The molecule has 1 aliphatic carbocycles. The Morgan fingerprint density at radius 2 is 1.25 bits per heavy atom. The van der Waals surface area contributed by atoms with E-state index in [1.54, 1.807) is 0 Å². The number of benzene rings is 2. The van der Waals surface area contributed by atoms with Crippen molar-refractivity contribution in [3.8, 4) is 0 Å². The Labute approximate surface area is 265 Å². The molecular formula is C28H33Cl6NO5. The maximum absolute atomic E-state index is 12.4. The van der Waals surface area contributed by atoms with Gasteiger partial charge in [0.25, 0.3) is 7.59 Å². The van der Waals surface area contributed by atoms with Crippen LogP contribution in [0.1, 0.15) is 44.7 Å². The number of ether oxygens (including phenoxy) is 1. The first-order valence-electron chi connectivity index (χ1n) is 12.5.